The number of hydrogen-bond donors (Lipinski definition) is 2. The van der Waals surface area contributed by atoms with Crippen LogP contribution in [0.4, 0.5) is 9.18 Å². The van der Waals surface area contributed by atoms with Gasteiger partial charge in [0.05, 0.1) is 22.2 Å². The van der Waals surface area contributed by atoms with Gasteiger partial charge in [-0.15, -0.1) is 0 Å². The summed E-state index contributed by atoms with van der Waals surface area (Å²) in [4.78, 5) is 32.7. The molecule has 3 aromatic carbocycles. The summed E-state index contributed by atoms with van der Waals surface area (Å²) in [6.45, 7) is 4.21. The number of imide groups is 1. The third-order valence-corrected chi connectivity index (χ3v) is 11.6. The number of rotatable bonds is 13. The number of ether oxygens (including phenoxy) is 3. The molecule has 11 nitrogen and oxygen atoms in total. The van der Waals surface area contributed by atoms with Crippen LogP contribution in [-0.4, -0.2) is 77.8 Å². The molecule has 1 aliphatic carbocycles. The zero-order valence-corrected chi connectivity index (χ0v) is 32.2. The minimum Gasteiger partial charge on any atom is -0.492 e. The van der Waals surface area contributed by atoms with Gasteiger partial charge in [0.15, 0.2) is 0 Å². The first-order valence-electron chi connectivity index (χ1n) is 18.9. The lowest BCUT2D eigenvalue weighted by molar-refractivity contribution is -0.130. The molecule has 4 heterocycles. The highest BCUT2D eigenvalue weighted by Gasteiger charge is 2.54. The van der Waals surface area contributed by atoms with Crippen LogP contribution in [0.3, 0.4) is 0 Å². The van der Waals surface area contributed by atoms with Crippen LogP contribution in [0, 0.1) is 11.3 Å². The smallest absolute Gasteiger partial charge is 0.322 e. The minimum absolute atomic E-state index is 0.150. The monoisotopic (exact) mass is 798 g/mol. The van der Waals surface area contributed by atoms with Crippen molar-refractivity contribution in [2.75, 3.05) is 39.3 Å². The highest BCUT2D eigenvalue weighted by atomic mass is 35.5. The average molecular weight is 800 g/mol. The first-order chi connectivity index (χ1) is 27.2. The molecule has 290 valence electrons. The van der Waals surface area contributed by atoms with Gasteiger partial charge in [-0.1, -0.05) is 53.5 Å². The maximum atomic E-state index is 13.5. The molecule has 1 spiro atoms. The number of piperidine rings is 1. The van der Waals surface area contributed by atoms with E-state index in [2.05, 4.69) is 38.7 Å². The molecule has 56 heavy (non-hydrogen) atoms. The Labute approximate surface area is 334 Å². The van der Waals surface area contributed by atoms with E-state index in [9.17, 15) is 19.2 Å². The lowest BCUT2D eigenvalue weighted by Crippen LogP contribution is -2.70. The Morgan fingerprint density at radius 3 is 2.54 bits per heavy atom. The first kappa shape index (κ1) is 38.0. The summed E-state index contributed by atoms with van der Waals surface area (Å²) >= 11 is 13.9. The summed E-state index contributed by atoms with van der Waals surface area (Å²) in [6.07, 6.45) is 5.71. The van der Waals surface area contributed by atoms with Crippen molar-refractivity contribution in [1.82, 2.24) is 25.4 Å². The third kappa shape index (κ3) is 8.00. The summed E-state index contributed by atoms with van der Waals surface area (Å²) in [6, 6.07) is 19.0. The van der Waals surface area contributed by atoms with E-state index in [0.717, 1.165) is 72.3 Å². The zero-order valence-electron chi connectivity index (χ0n) is 30.7. The molecule has 2 N–H and O–H groups in total. The van der Waals surface area contributed by atoms with Crippen molar-refractivity contribution >= 4 is 35.1 Å². The van der Waals surface area contributed by atoms with E-state index >= 15 is 0 Å². The molecule has 3 amide bonds. The van der Waals surface area contributed by atoms with Crippen molar-refractivity contribution in [2.45, 2.75) is 63.1 Å². The van der Waals surface area contributed by atoms with Crippen LogP contribution in [0.5, 0.6) is 17.2 Å². The predicted molar refractivity (Wildman–Crippen MR) is 209 cm³/mol. The molecule has 0 radical (unpaired) electrons. The Bertz CT molecular complexity index is 2190. The molecule has 0 bridgehead atoms. The van der Waals surface area contributed by atoms with Gasteiger partial charge < -0.3 is 24.4 Å². The Morgan fingerprint density at radius 1 is 0.946 bits per heavy atom. The van der Waals surface area contributed by atoms with E-state index in [0.29, 0.717) is 71.9 Å². The molecule has 4 aliphatic rings. The maximum absolute atomic E-state index is 13.5. The summed E-state index contributed by atoms with van der Waals surface area (Å²) in [5.74, 6) is 1.30. The number of nitrogens with zero attached hydrogens (tertiary/aromatic N) is 4. The third-order valence-electron chi connectivity index (χ3n) is 11.0. The Morgan fingerprint density at radius 2 is 1.75 bits per heavy atom. The molecular formula is C42H41Cl2FN6O5. The number of carbonyl (C=O) groups is 2. The van der Waals surface area contributed by atoms with Crippen LogP contribution < -0.4 is 24.8 Å². The number of halogens is 3. The van der Waals surface area contributed by atoms with Gasteiger partial charge in [0, 0.05) is 74.4 Å². The standard InChI is InChI=1S/C42H41Cl2FN6O5/c43-34-17-28(22-51-24-42(25-51)40(52)48-41(53)49-42)37(55-23-27-16-26(19-46)20-47-21-27)18-38(34)56-35-9-8-31-30(4-1-5-32(31)35)33-6-2-7-36(39(33)44)54-15-3-12-50-13-10-29(45)11-14-50/h1-2,4-7,16-18,20-21,29,35H,3,8-15,22-25H2,(H2,48,49,52,53)/t35-/m0/s1. The average Bonchev–Trinajstić information content (AvgIpc) is 3.74. The van der Waals surface area contributed by atoms with Crippen LogP contribution >= 0.6 is 23.2 Å². The normalized spacial score (nSPS) is 19.2. The van der Waals surface area contributed by atoms with Crippen molar-refractivity contribution < 1.29 is 28.2 Å². The number of alkyl halides is 1. The second-order valence-corrected chi connectivity index (χ2v) is 15.6. The summed E-state index contributed by atoms with van der Waals surface area (Å²) < 4.78 is 32.7. The number of urea groups is 1. The van der Waals surface area contributed by atoms with Crippen molar-refractivity contribution in [1.29, 1.82) is 5.26 Å². The highest BCUT2D eigenvalue weighted by molar-refractivity contribution is 6.35. The van der Waals surface area contributed by atoms with E-state index in [4.69, 9.17) is 37.4 Å². The van der Waals surface area contributed by atoms with Crippen LogP contribution in [0.15, 0.2) is 67.0 Å². The number of nitriles is 1. The van der Waals surface area contributed by atoms with Gasteiger partial charge in [0.2, 0.25) is 0 Å². The van der Waals surface area contributed by atoms with Crippen LogP contribution in [0.2, 0.25) is 10.0 Å². The van der Waals surface area contributed by atoms with Crippen molar-refractivity contribution in [2.24, 2.45) is 0 Å². The SMILES string of the molecule is N#Cc1cncc(COc2cc(O[C@H]3CCc4c(-c5cccc(OCCCN6CCC(F)CC6)c5Cl)cccc43)c(Cl)cc2CN2CC3(C2)NC(=O)NC3=O)c1. The van der Waals surface area contributed by atoms with E-state index < -0.39 is 17.7 Å². The Hall–Kier alpha value is -4.93. The van der Waals surface area contributed by atoms with E-state index in [1.54, 1.807) is 18.3 Å². The number of nitrogens with one attached hydrogen (secondary N) is 2. The number of aromatic nitrogens is 1. The fourth-order valence-corrected chi connectivity index (χ4v) is 8.62. The zero-order chi connectivity index (χ0) is 38.8. The number of pyridine rings is 1. The molecule has 3 fully saturated rings. The van der Waals surface area contributed by atoms with Crippen LogP contribution in [-0.2, 0) is 24.4 Å². The van der Waals surface area contributed by atoms with E-state index in [-0.39, 0.29) is 18.6 Å². The molecule has 1 aromatic heterocycles. The number of likely N-dealkylation sites (tertiary alicyclic amines) is 2. The van der Waals surface area contributed by atoms with Crippen LogP contribution in [0.25, 0.3) is 11.1 Å². The lowest BCUT2D eigenvalue weighted by Gasteiger charge is -2.45. The molecule has 3 saturated heterocycles. The molecule has 3 aliphatic heterocycles. The Balaban J connectivity index is 0.983. The molecule has 0 unspecified atom stereocenters. The number of fused-ring (bicyclic) bond motifs is 1. The van der Waals surface area contributed by atoms with Gasteiger partial charge in [0.1, 0.15) is 47.7 Å². The quantitative estimate of drug-likeness (QED) is 0.107. The number of benzene rings is 3. The van der Waals surface area contributed by atoms with E-state index in [1.165, 1.54) is 6.20 Å². The molecule has 4 aromatic rings. The highest BCUT2D eigenvalue weighted by Crippen LogP contribution is 2.45. The number of amides is 3. The minimum atomic E-state index is -0.933. The molecule has 1 atom stereocenters. The largest absolute Gasteiger partial charge is 0.492 e. The lowest BCUT2D eigenvalue weighted by atomic mass is 9.89. The fourth-order valence-electron chi connectivity index (χ4n) is 8.10. The first-order valence-corrected chi connectivity index (χ1v) is 19.7. The molecular weight excluding hydrogens is 758 g/mol. The van der Waals surface area contributed by atoms with Gasteiger partial charge >= 0.3 is 6.03 Å². The second kappa shape index (κ2) is 16.3. The van der Waals surface area contributed by atoms with Gasteiger partial charge in [0.25, 0.3) is 5.91 Å². The van der Waals surface area contributed by atoms with Crippen molar-refractivity contribution in [3.8, 4) is 34.4 Å². The van der Waals surface area contributed by atoms with Gasteiger partial charge in [-0.2, -0.15) is 5.26 Å². The van der Waals surface area contributed by atoms with Crippen molar-refractivity contribution in [3.05, 3.63) is 105 Å². The fraction of sp³-hybridized carbons (Fsp3) is 0.381. The molecule has 0 saturated carbocycles. The summed E-state index contributed by atoms with van der Waals surface area (Å²) in [5.41, 5.74) is 5.11. The summed E-state index contributed by atoms with van der Waals surface area (Å²) in [5, 5.41) is 15.4. The molecule has 14 heteroatoms. The number of carbonyl (C=O) groups excluding carboxylic acids is 2. The van der Waals surface area contributed by atoms with Crippen molar-refractivity contribution in [3.63, 3.8) is 0 Å². The van der Waals surface area contributed by atoms with Gasteiger partial charge in [-0.25, -0.2) is 9.18 Å². The maximum Gasteiger partial charge on any atom is 0.322 e. The molecule has 8 rings (SSSR count). The van der Waals surface area contributed by atoms with Gasteiger partial charge in [-0.3, -0.25) is 20.0 Å². The Kier molecular flexibility index (Phi) is 11.0. The topological polar surface area (TPSA) is 129 Å². The number of hydrogen-bond acceptors (Lipinski definition) is 9. The second-order valence-electron chi connectivity index (χ2n) is 14.9. The predicted octanol–water partition coefficient (Wildman–Crippen LogP) is 7.17. The van der Waals surface area contributed by atoms with E-state index in [1.807, 2.05) is 35.2 Å². The van der Waals surface area contributed by atoms with Crippen LogP contribution in [0.1, 0.15) is 59.6 Å². The van der Waals surface area contributed by atoms with Gasteiger partial charge in [-0.05, 0) is 67.0 Å². The summed E-state index contributed by atoms with van der Waals surface area (Å²) in [7, 11) is 0.